The van der Waals surface area contributed by atoms with Crippen molar-refractivity contribution < 1.29 is 19.1 Å². The fraction of sp³-hybridized carbons (Fsp3) is 0.0500. The molecular formula is C20H14Cl2O4. The van der Waals surface area contributed by atoms with Crippen LogP contribution in [0.2, 0.25) is 10.0 Å². The molecule has 0 fully saturated rings. The summed E-state index contributed by atoms with van der Waals surface area (Å²) in [5.74, 6) is 1.41. The number of furan rings is 1. The number of ether oxygens (including phenoxy) is 1. The van der Waals surface area contributed by atoms with Crippen LogP contribution in [0.1, 0.15) is 21.9 Å². The van der Waals surface area contributed by atoms with Gasteiger partial charge in [-0.3, -0.25) is 4.79 Å². The summed E-state index contributed by atoms with van der Waals surface area (Å²) in [6, 6.07) is 14.6. The van der Waals surface area contributed by atoms with Crippen LogP contribution in [0, 0.1) is 0 Å². The lowest BCUT2D eigenvalue weighted by atomic mass is 10.1. The van der Waals surface area contributed by atoms with Crippen LogP contribution in [0.4, 0.5) is 0 Å². The van der Waals surface area contributed by atoms with Gasteiger partial charge in [0.1, 0.15) is 29.6 Å². The zero-order chi connectivity index (χ0) is 18.5. The summed E-state index contributed by atoms with van der Waals surface area (Å²) >= 11 is 11.9. The van der Waals surface area contributed by atoms with E-state index in [1.165, 1.54) is 18.2 Å². The van der Waals surface area contributed by atoms with Crippen molar-refractivity contribution in [2.24, 2.45) is 0 Å². The first-order valence-electron chi connectivity index (χ1n) is 7.69. The Kier molecular flexibility index (Phi) is 5.66. The summed E-state index contributed by atoms with van der Waals surface area (Å²) in [6.07, 6.45) is 2.94. The normalized spacial score (nSPS) is 11.0. The van der Waals surface area contributed by atoms with E-state index >= 15 is 0 Å². The largest absolute Gasteiger partial charge is 0.508 e. The molecule has 0 amide bonds. The van der Waals surface area contributed by atoms with Gasteiger partial charge >= 0.3 is 0 Å². The molecule has 26 heavy (non-hydrogen) atoms. The monoisotopic (exact) mass is 388 g/mol. The molecule has 0 aliphatic rings. The maximum atomic E-state index is 12.1. The number of benzene rings is 2. The molecule has 0 aliphatic carbocycles. The van der Waals surface area contributed by atoms with Crippen molar-refractivity contribution in [3.05, 3.63) is 87.8 Å². The second-order valence-corrected chi connectivity index (χ2v) is 6.26. The second kappa shape index (κ2) is 8.13. The standard InChI is InChI=1S/C20H14Cl2O4/c21-14-4-9-20(18(22)11-14)25-12-17-6-5-16(26-17)7-8-19(24)13-2-1-3-15(23)10-13/h1-11,23H,12H2/b8-7+. The highest BCUT2D eigenvalue weighted by atomic mass is 35.5. The average molecular weight is 389 g/mol. The number of phenolic OH excluding ortho intramolecular Hbond substituents is 1. The van der Waals surface area contributed by atoms with E-state index < -0.39 is 0 Å². The third-order valence-electron chi connectivity index (χ3n) is 3.48. The van der Waals surface area contributed by atoms with E-state index in [1.54, 1.807) is 48.5 Å². The number of ketones is 1. The van der Waals surface area contributed by atoms with Gasteiger partial charge in [-0.25, -0.2) is 0 Å². The number of carbonyl (C=O) groups is 1. The van der Waals surface area contributed by atoms with Gasteiger partial charge in [-0.2, -0.15) is 0 Å². The Morgan fingerprint density at radius 2 is 1.96 bits per heavy atom. The highest BCUT2D eigenvalue weighted by molar-refractivity contribution is 6.35. The van der Waals surface area contributed by atoms with Crippen LogP contribution in [0.5, 0.6) is 11.5 Å². The molecule has 0 atom stereocenters. The molecule has 1 aromatic heterocycles. The van der Waals surface area contributed by atoms with E-state index in [4.69, 9.17) is 32.4 Å². The van der Waals surface area contributed by atoms with Gasteiger partial charge in [-0.05, 0) is 54.6 Å². The van der Waals surface area contributed by atoms with Gasteiger partial charge in [0, 0.05) is 10.6 Å². The van der Waals surface area contributed by atoms with Crippen LogP contribution in [-0.2, 0) is 6.61 Å². The third-order valence-corrected chi connectivity index (χ3v) is 4.01. The first kappa shape index (κ1) is 18.1. The van der Waals surface area contributed by atoms with E-state index in [0.29, 0.717) is 32.9 Å². The number of carbonyl (C=O) groups excluding carboxylic acids is 1. The number of halogens is 2. The minimum absolute atomic E-state index is 0.0440. The van der Waals surface area contributed by atoms with E-state index in [2.05, 4.69) is 0 Å². The van der Waals surface area contributed by atoms with E-state index in [9.17, 15) is 9.90 Å². The molecule has 3 aromatic rings. The van der Waals surface area contributed by atoms with Crippen molar-refractivity contribution in [1.29, 1.82) is 0 Å². The van der Waals surface area contributed by atoms with Crippen LogP contribution in [0.3, 0.4) is 0 Å². The summed E-state index contributed by atoms with van der Waals surface area (Å²) in [4.78, 5) is 12.1. The highest BCUT2D eigenvalue weighted by Gasteiger charge is 2.06. The van der Waals surface area contributed by atoms with Gasteiger partial charge in [-0.15, -0.1) is 0 Å². The zero-order valence-electron chi connectivity index (χ0n) is 13.5. The second-order valence-electron chi connectivity index (χ2n) is 5.42. The van der Waals surface area contributed by atoms with Gasteiger partial charge in [0.05, 0.1) is 5.02 Å². The molecule has 0 radical (unpaired) electrons. The molecule has 0 saturated heterocycles. The summed E-state index contributed by atoms with van der Waals surface area (Å²) in [5, 5.41) is 10.4. The summed E-state index contributed by atoms with van der Waals surface area (Å²) in [6.45, 7) is 0.190. The SMILES string of the molecule is O=C(/C=C/c1ccc(COc2ccc(Cl)cc2Cl)o1)c1cccc(O)c1. The van der Waals surface area contributed by atoms with Gasteiger partial charge < -0.3 is 14.3 Å². The Balaban J connectivity index is 1.61. The first-order valence-corrected chi connectivity index (χ1v) is 8.45. The van der Waals surface area contributed by atoms with Crippen LogP contribution >= 0.6 is 23.2 Å². The van der Waals surface area contributed by atoms with Gasteiger partial charge in [0.15, 0.2) is 5.78 Å². The van der Waals surface area contributed by atoms with Crippen LogP contribution < -0.4 is 4.74 Å². The number of rotatable bonds is 6. The Morgan fingerprint density at radius 3 is 2.73 bits per heavy atom. The Bertz CT molecular complexity index is 960. The average Bonchev–Trinajstić information content (AvgIpc) is 3.07. The predicted octanol–water partition coefficient (Wildman–Crippen LogP) is 5.77. The third kappa shape index (κ3) is 4.69. The van der Waals surface area contributed by atoms with Crippen molar-refractivity contribution in [3.8, 4) is 11.5 Å². The summed E-state index contributed by atoms with van der Waals surface area (Å²) < 4.78 is 11.2. The lowest BCUT2D eigenvalue weighted by Gasteiger charge is -2.06. The number of hydrogen-bond acceptors (Lipinski definition) is 4. The van der Waals surface area contributed by atoms with E-state index in [1.807, 2.05) is 0 Å². The van der Waals surface area contributed by atoms with E-state index in [-0.39, 0.29) is 18.1 Å². The smallest absolute Gasteiger partial charge is 0.186 e. The Morgan fingerprint density at radius 1 is 1.12 bits per heavy atom. The lowest BCUT2D eigenvalue weighted by Crippen LogP contribution is -1.94. The molecule has 6 heteroatoms. The topological polar surface area (TPSA) is 59.7 Å². The summed E-state index contributed by atoms with van der Waals surface area (Å²) in [5.41, 5.74) is 0.397. The molecular weight excluding hydrogens is 375 g/mol. The molecule has 0 saturated carbocycles. The van der Waals surface area contributed by atoms with Crippen molar-refractivity contribution >= 4 is 35.1 Å². The maximum Gasteiger partial charge on any atom is 0.186 e. The van der Waals surface area contributed by atoms with Crippen LogP contribution in [-0.4, -0.2) is 10.9 Å². The Hall–Kier alpha value is -2.69. The van der Waals surface area contributed by atoms with Crippen molar-refractivity contribution in [2.75, 3.05) is 0 Å². The molecule has 0 unspecified atom stereocenters. The predicted molar refractivity (Wildman–Crippen MR) is 101 cm³/mol. The van der Waals surface area contributed by atoms with Crippen molar-refractivity contribution in [2.45, 2.75) is 6.61 Å². The Labute approximate surface area is 160 Å². The summed E-state index contributed by atoms with van der Waals surface area (Å²) in [7, 11) is 0. The molecule has 3 rings (SSSR count). The fourth-order valence-corrected chi connectivity index (χ4v) is 2.68. The van der Waals surface area contributed by atoms with Gasteiger partial charge in [0.25, 0.3) is 0 Å². The zero-order valence-corrected chi connectivity index (χ0v) is 15.0. The van der Waals surface area contributed by atoms with Gasteiger partial charge in [-0.1, -0.05) is 35.3 Å². The molecule has 2 aromatic carbocycles. The molecule has 4 nitrogen and oxygen atoms in total. The minimum atomic E-state index is -0.233. The molecule has 1 N–H and O–H groups in total. The van der Waals surface area contributed by atoms with Crippen LogP contribution in [0.25, 0.3) is 6.08 Å². The number of hydrogen-bond donors (Lipinski definition) is 1. The lowest BCUT2D eigenvalue weighted by molar-refractivity contribution is 0.104. The first-order chi connectivity index (χ1) is 12.5. The molecule has 0 bridgehead atoms. The van der Waals surface area contributed by atoms with Gasteiger partial charge in [0.2, 0.25) is 0 Å². The number of allylic oxidation sites excluding steroid dienone is 1. The van der Waals surface area contributed by atoms with Crippen molar-refractivity contribution in [3.63, 3.8) is 0 Å². The van der Waals surface area contributed by atoms with Crippen molar-refractivity contribution in [1.82, 2.24) is 0 Å². The molecule has 0 spiro atoms. The molecule has 132 valence electrons. The number of aromatic hydroxyl groups is 1. The molecule has 1 heterocycles. The van der Waals surface area contributed by atoms with Crippen LogP contribution in [0.15, 0.2) is 65.1 Å². The van der Waals surface area contributed by atoms with E-state index in [0.717, 1.165) is 0 Å². The highest BCUT2D eigenvalue weighted by Crippen LogP contribution is 2.28. The minimum Gasteiger partial charge on any atom is -0.508 e. The fourth-order valence-electron chi connectivity index (χ4n) is 2.22. The number of phenols is 1. The quantitative estimate of drug-likeness (QED) is 0.430. The maximum absolute atomic E-state index is 12.1. The molecule has 0 aliphatic heterocycles.